The summed E-state index contributed by atoms with van der Waals surface area (Å²) >= 11 is 0. The van der Waals surface area contributed by atoms with Gasteiger partial charge in [0.25, 0.3) is 0 Å². The molecule has 0 aliphatic carbocycles. The molecule has 0 atom stereocenters. The maximum absolute atomic E-state index is 12.5. The minimum absolute atomic E-state index is 0.331. The molecule has 0 heterocycles. The molecule has 0 unspecified atom stereocenters. The lowest BCUT2D eigenvalue weighted by Gasteiger charge is -2.29. The highest BCUT2D eigenvalue weighted by molar-refractivity contribution is 5.91. The number of allylic oxidation sites excluding steroid dienone is 4. The lowest BCUT2D eigenvalue weighted by molar-refractivity contribution is -0.131. The average molecular weight is 525 g/mol. The van der Waals surface area contributed by atoms with Crippen LogP contribution in [-0.2, 0) is 15.0 Å². The average Bonchev–Trinajstić information content (AvgIpc) is 2.87. The number of carbonyl (C=O) groups excluding carboxylic acids is 2. The zero-order valence-corrected chi connectivity index (χ0v) is 24.5. The lowest BCUT2D eigenvalue weighted by atomic mass is 9.75. The monoisotopic (exact) mass is 524 g/mol. The normalized spacial score (nSPS) is 12.1. The van der Waals surface area contributed by atoms with E-state index in [1.807, 2.05) is 101 Å². The molecule has 204 valence electrons. The fourth-order valence-corrected chi connectivity index (χ4v) is 4.05. The van der Waals surface area contributed by atoms with E-state index in [0.29, 0.717) is 22.6 Å². The van der Waals surface area contributed by atoms with E-state index in [9.17, 15) is 9.59 Å². The van der Waals surface area contributed by atoms with Gasteiger partial charge >= 0.3 is 11.9 Å². The summed E-state index contributed by atoms with van der Waals surface area (Å²) in [4.78, 5) is 24.9. The zero-order valence-electron chi connectivity index (χ0n) is 24.5. The van der Waals surface area contributed by atoms with Crippen LogP contribution in [0.1, 0.15) is 88.8 Å². The van der Waals surface area contributed by atoms with Crippen LogP contribution >= 0.6 is 0 Å². The van der Waals surface area contributed by atoms with Crippen molar-refractivity contribution in [3.63, 3.8) is 0 Å². The van der Waals surface area contributed by atoms with Crippen LogP contribution in [0.2, 0.25) is 0 Å². The number of ether oxygens (including phenoxy) is 2. The predicted octanol–water partition coefficient (Wildman–Crippen LogP) is 9.11. The van der Waals surface area contributed by atoms with Crippen LogP contribution in [0.5, 0.6) is 11.5 Å². The summed E-state index contributed by atoms with van der Waals surface area (Å²) in [6.07, 6.45) is 15.4. The molecule has 2 aromatic rings. The Morgan fingerprint density at radius 3 is 1.08 bits per heavy atom. The van der Waals surface area contributed by atoms with Crippen LogP contribution in [-0.4, -0.2) is 11.9 Å². The molecule has 0 amide bonds. The highest BCUT2D eigenvalue weighted by atomic mass is 16.5. The molecule has 0 fully saturated rings. The Morgan fingerprint density at radius 1 is 0.615 bits per heavy atom. The van der Waals surface area contributed by atoms with Crippen LogP contribution in [0, 0.1) is 0 Å². The summed E-state index contributed by atoms with van der Waals surface area (Å²) < 4.78 is 11.6. The van der Waals surface area contributed by atoms with Crippen molar-refractivity contribution in [2.45, 2.75) is 60.8 Å². The minimum Gasteiger partial charge on any atom is -0.422 e. The molecule has 2 aromatic carbocycles. The molecule has 0 spiro atoms. The van der Waals surface area contributed by atoms with Gasteiger partial charge in [0.05, 0.1) is 0 Å². The van der Waals surface area contributed by atoms with Crippen LogP contribution in [0.4, 0.5) is 0 Å². The number of carbonyl (C=O) groups is 2. The minimum atomic E-state index is -0.467. The van der Waals surface area contributed by atoms with Crippen molar-refractivity contribution < 1.29 is 19.1 Å². The van der Waals surface area contributed by atoms with Gasteiger partial charge in [-0.05, 0) is 76.9 Å². The first-order chi connectivity index (χ1) is 18.4. The quantitative estimate of drug-likeness (QED) is 0.177. The Kier molecular flexibility index (Phi) is 10.8. The molecular formula is C35H40O4. The molecule has 2 rings (SSSR count). The van der Waals surface area contributed by atoms with E-state index in [-0.39, 0.29) is 0 Å². The van der Waals surface area contributed by atoms with Gasteiger partial charge in [0.2, 0.25) is 0 Å². The van der Waals surface area contributed by atoms with Crippen LogP contribution in [0.25, 0.3) is 24.3 Å². The maximum atomic E-state index is 12.5. The number of benzene rings is 2. The molecule has 0 radical (unpaired) electrons. The molecule has 4 nitrogen and oxygen atoms in total. The molecule has 0 saturated heterocycles. The summed E-state index contributed by atoms with van der Waals surface area (Å²) in [5.41, 5.74) is 5.43. The van der Waals surface area contributed by atoms with E-state index in [1.54, 1.807) is 13.8 Å². The van der Waals surface area contributed by atoms with Crippen molar-refractivity contribution in [2.24, 2.45) is 0 Å². The molecular weight excluding hydrogens is 484 g/mol. The third-order valence-electron chi connectivity index (χ3n) is 6.21. The number of esters is 2. The summed E-state index contributed by atoms with van der Waals surface area (Å²) in [6.45, 7) is 22.7. The summed E-state index contributed by atoms with van der Waals surface area (Å²) in [5.74, 6) is 0.0471. The van der Waals surface area contributed by atoms with Gasteiger partial charge in [0.1, 0.15) is 11.5 Å². The standard InChI is InChI=1S/C35H40O4/c1-11-15-25-19-29(20-26(16-12-2)31(25)38-33(36)23(5)6)35(9,10)30-21-27(17-13-3)32(28(22-30)18-14-4)39-34(37)24(7)8/h11-22H,5,7H2,1-4,6,8-10H3/b15-11-,16-12-,17-13-,18-14-. The second kappa shape index (κ2) is 13.6. The Labute approximate surface area is 233 Å². The highest BCUT2D eigenvalue weighted by Crippen LogP contribution is 2.41. The number of rotatable bonds is 10. The van der Waals surface area contributed by atoms with Gasteiger partial charge in [-0.1, -0.05) is 75.6 Å². The molecule has 0 aliphatic heterocycles. The molecule has 0 aliphatic rings. The first kappa shape index (κ1) is 31.0. The summed E-state index contributed by atoms with van der Waals surface area (Å²) in [5, 5.41) is 0. The fourth-order valence-electron chi connectivity index (χ4n) is 4.05. The number of hydrogen-bond acceptors (Lipinski definition) is 4. The molecule has 0 aromatic heterocycles. The Bertz CT molecular complexity index is 1220. The second-order valence-electron chi connectivity index (χ2n) is 9.93. The number of hydrogen-bond donors (Lipinski definition) is 0. The van der Waals surface area contributed by atoms with Crippen molar-refractivity contribution >= 4 is 36.2 Å². The fraction of sp³-hybridized carbons (Fsp3) is 0.257. The molecule has 0 saturated carbocycles. The second-order valence-corrected chi connectivity index (χ2v) is 9.93. The summed E-state index contributed by atoms with van der Waals surface area (Å²) in [6, 6.07) is 8.20. The van der Waals surface area contributed by atoms with Crippen molar-refractivity contribution in [3.8, 4) is 11.5 Å². The Balaban J connectivity index is 2.85. The van der Waals surface area contributed by atoms with E-state index in [4.69, 9.17) is 9.47 Å². The summed E-state index contributed by atoms with van der Waals surface area (Å²) in [7, 11) is 0. The molecule has 0 N–H and O–H groups in total. The van der Waals surface area contributed by atoms with E-state index >= 15 is 0 Å². The van der Waals surface area contributed by atoms with E-state index < -0.39 is 17.4 Å². The first-order valence-corrected chi connectivity index (χ1v) is 13.0. The van der Waals surface area contributed by atoms with Crippen molar-refractivity contribution in [3.05, 3.63) is 106 Å². The largest absolute Gasteiger partial charge is 0.422 e. The van der Waals surface area contributed by atoms with Crippen LogP contribution in [0.3, 0.4) is 0 Å². The van der Waals surface area contributed by atoms with Gasteiger partial charge in [-0.15, -0.1) is 0 Å². The van der Waals surface area contributed by atoms with Gasteiger partial charge in [-0.2, -0.15) is 0 Å². The van der Waals surface area contributed by atoms with Gasteiger partial charge in [-0.3, -0.25) is 0 Å². The molecule has 0 bridgehead atoms. The van der Waals surface area contributed by atoms with Crippen molar-refractivity contribution in [1.29, 1.82) is 0 Å². The van der Waals surface area contributed by atoms with Crippen LogP contribution in [0.15, 0.2) is 72.9 Å². The van der Waals surface area contributed by atoms with Crippen molar-refractivity contribution in [2.75, 3.05) is 0 Å². The van der Waals surface area contributed by atoms with E-state index in [0.717, 1.165) is 33.4 Å². The van der Waals surface area contributed by atoms with E-state index in [2.05, 4.69) is 27.0 Å². The van der Waals surface area contributed by atoms with Gasteiger partial charge in [0.15, 0.2) is 0 Å². The highest BCUT2D eigenvalue weighted by Gasteiger charge is 2.28. The van der Waals surface area contributed by atoms with Gasteiger partial charge in [-0.25, -0.2) is 9.59 Å². The third kappa shape index (κ3) is 7.44. The SMILES string of the molecule is C=C(C)C(=O)Oc1c(/C=C\C)cc(C(C)(C)c2cc(/C=C\C)c(OC(=O)C(=C)C)c(/C=C\C)c2)cc1/C=C\C. The smallest absolute Gasteiger partial charge is 0.338 e. The topological polar surface area (TPSA) is 52.6 Å². The molecule has 39 heavy (non-hydrogen) atoms. The van der Waals surface area contributed by atoms with Gasteiger partial charge in [0, 0.05) is 38.8 Å². The third-order valence-corrected chi connectivity index (χ3v) is 6.21. The van der Waals surface area contributed by atoms with Crippen molar-refractivity contribution in [1.82, 2.24) is 0 Å². The lowest BCUT2D eigenvalue weighted by Crippen LogP contribution is -2.21. The zero-order chi connectivity index (χ0) is 29.3. The van der Waals surface area contributed by atoms with Gasteiger partial charge < -0.3 is 9.47 Å². The van der Waals surface area contributed by atoms with Crippen LogP contribution < -0.4 is 9.47 Å². The Morgan fingerprint density at radius 2 is 0.872 bits per heavy atom. The van der Waals surface area contributed by atoms with E-state index in [1.165, 1.54) is 0 Å². The Hall–Kier alpha value is -4.18. The maximum Gasteiger partial charge on any atom is 0.338 e. The first-order valence-electron chi connectivity index (χ1n) is 13.0. The predicted molar refractivity (Wildman–Crippen MR) is 165 cm³/mol. The molecule has 4 heteroatoms.